The summed E-state index contributed by atoms with van der Waals surface area (Å²) >= 11 is 0. The normalized spacial score (nSPS) is 11.4. The summed E-state index contributed by atoms with van der Waals surface area (Å²) in [6, 6.07) is 16.1. The van der Waals surface area contributed by atoms with Crippen LogP contribution in [0.15, 0.2) is 66.7 Å². The zero-order valence-electron chi connectivity index (χ0n) is 21.7. The molecule has 9 nitrogen and oxygen atoms in total. The molecule has 38 heavy (non-hydrogen) atoms. The summed E-state index contributed by atoms with van der Waals surface area (Å²) in [5, 5.41) is 13.6. The minimum atomic E-state index is -0.339. The zero-order chi connectivity index (χ0) is 27.4. The van der Waals surface area contributed by atoms with Crippen molar-refractivity contribution in [2.24, 2.45) is 0 Å². The number of nitrogens with zero attached hydrogens (tertiary/aromatic N) is 5. The Balaban J connectivity index is 1.55. The molecule has 3 aromatic carbocycles. The van der Waals surface area contributed by atoms with Gasteiger partial charge in [0, 0.05) is 53.2 Å². The second-order valence-electron chi connectivity index (χ2n) is 9.25. The first-order chi connectivity index (χ1) is 18.1. The van der Waals surface area contributed by atoms with Gasteiger partial charge in [0.2, 0.25) is 5.91 Å². The number of nitrogens with one attached hydrogen (secondary N) is 1. The van der Waals surface area contributed by atoms with Crippen molar-refractivity contribution < 1.29 is 19.2 Å². The number of rotatable bonds is 9. The van der Waals surface area contributed by atoms with Gasteiger partial charge >= 0.3 is 0 Å². The van der Waals surface area contributed by atoms with E-state index in [2.05, 4.69) is 15.2 Å². The number of carbonyl (C=O) groups is 1. The molecule has 0 bridgehead atoms. The number of likely N-dealkylation sites (N-methyl/N-ethyl adjacent to an activating group) is 2. The van der Waals surface area contributed by atoms with Crippen LogP contribution < -0.4 is 10.2 Å². The molecule has 1 heterocycles. The molecule has 10 heteroatoms. The maximum Gasteiger partial charge on any atom is 0.281 e. The van der Waals surface area contributed by atoms with Gasteiger partial charge in [0.1, 0.15) is 17.0 Å². The Morgan fingerprint density at radius 3 is 2.39 bits per heavy atom. The lowest BCUT2D eigenvalue weighted by atomic mass is 10.2. The molecule has 2 N–H and O–H groups in total. The van der Waals surface area contributed by atoms with Crippen molar-refractivity contribution in [2.75, 3.05) is 51.5 Å². The Labute approximate surface area is 220 Å². The molecule has 0 spiro atoms. The first-order valence-corrected chi connectivity index (χ1v) is 12.0. The molecule has 0 atom stereocenters. The number of amides is 1. The molecular weight excluding hydrogens is 487 g/mol. The quantitative estimate of drug-likeness (QED) is 0.189. The summed E-state index contributed by atoms with van der Waals surface area (Å²) in [5.74, 6) is -0.368. The summed E-state index contributed by atoms with van der Waals surface area (Å²) in [7, 11) is 7.30. The SMILES string of the molecule is CN(C)CCN(C)c1cc2nc(-c3ccc(NC(=O)/C=C/c4ccc(F)cc4)cc3)n(O)c2cc1[N+](C)=O. The lowest BCUT2D eigenvalue weighted by Gasteiger charge is -2.21. The van der Waals surface area contributed by atoms with Crippen LogP contribution >= 0.6 is 0 Å². The highest BCUT2D eigenvalue weighted by molar-refractivity contribution is 6.02. The molecule has 196 valence electrons. The van der Waals surface area contributed by atoms with E-state index in [4.69, 9.17) is 0 Å². The Morgan fingerprint density at radius 2 is 1.76 bits per heavy atom. The fourth-order valence-electron chi connectivity index (χ4n) is 3.94. The molecule has 0 aliphatic heterocycles. The van der Waals surface area contributed by atoms with Crippen molar-refractivity contribution in [3.63, 3.8) is 0 Å². The Morgan fingerprint density at radius 1 is 1.08 bits per heavy atom. The van der Waals surface area contributed by atoms with Gasteiger partial charge in [-0.3, -0.25) is 4.79 Å². The molecule has 0 saturated carbocycles. The summed E-state index contributed by atoms with van der Waals surface area (Å²) in [6.45, 7) is 1.51. The van der Waals surface area contributed by atoms with Gasteiger partial charge in [0.25, 0.3) is 5.69 Å². The maximum absolute atomic E-state index is 13.0. The molecule has 0 aliphatic rings. The van der Waals surface area contributed by atoms with Crippen LogP contribution in [0.1, 0.15) is 5.56 Å². The largest absolute Gasteiger partial charge is 0.426 e. The highest BCUT2D eigenvalue weighted by atomic mass is 19.1. The molecular formula is C28H30FN6O3+. The molecule has 0 aliphatic carbocycles. The van der Waals surface area contributed by atoms with Crippen LogP contribution in [0, 0.1) is 10.7 Å². The van der Waals surface area contributed by atoms with Crippen molar-refractivity contribution >= 4 is 40.1 Å². The van der Waals surface area contributed by atoms with Crippen LogP contribution in [-0.4, -0.2) is 71.8 Å². The average Bonchev–Trinajstić information content (AvgIpc) is 3.22. The topological polar surface area (TPSA) is 93.7 Å². The van der Waals surface area contributed by atoms with Gasteiger partial charge in [-0.1, -0.05) is 12.1 Å². The standard InChI is InChI=1S/C28H29FN6O3/c1-32(2)15-16-33(3)25-17-23-24(18-26(25)34(4)37)35(38)28(31-23)20-8-12-22(13-9-20)30-27(36)14-7-19-5-10-21(29)11-6-19/h5-14,17-18H,15-16H2,1-4H3,(H-,30,31,36,37,38)/p+1/b14-7+. The Bertz CT molecular complexity index is 1490. The van der Waals surface area contributed by atoms with Crippen molar-refractivity contribution in [3.05, 3.63) is 83.0 Å². The number of hydrogen-bond acceptors (Lipinski definition) is 6. The van der Waals surface area contributed by atoms with Crippen LogP contribution in [0.2, 0.25) is 0 Å². The third kappa shape index (κ3) is 6.04. The van der Waals surface area contributed by atoms with Crippen LogP contribution in [0.3, 0.4) is 0 Å². The number of benzene rings is 3. The molecule has 0 saturated heterocycles. The summed E-state index contributed by atoms with van der Waals surface area (Å²) < 4.78 is 14.8. The van der Waals surface area contributed by atoms with E-state index < -0.39 is 0 Å². The van der Waals surface area contributed by atoms with E-state index in [0.29, 0.717) is 51.6 Å². The number of imidazole rings is 1. The predicted molar refractivity (Wildman–Crippen MR) is 147 cm³/mol. The van der Waals surface area contributed by atoms with Gasteiger partial charge in [-0.2, -0.15) is 4.73 Å². The van der Waals surface area contributed by atoms with E-state index in [-0.39, 0.29) is 11.7 Å². The van der Waals surface area contributed by atoms with Gasteiger partial charge in [-0.25, -0.2) is 9.37 Å². The van der Waals surface area contributed by atoms with Crippen LogP contribution in [-0.2, 0) is 4.79 Å². The number of carbonyl (C=O) groups excluding carboxylic acids is 1. The van der Waals surface area contributed by atoms with Crippen molar-refractivity contribution in [2.45, 2.75) is 0 Å². The maximum atomic E-state index is 13.0. The minimum Gasteiger partial charge on any atom is -0.426 e. The van der Waals surface area contributed by atoms with Crippen molar-refractivity contribution in [3.8, 4) is 11.4 Å². The highest BCUT2D eigenvalue weighted by Gasteiger charge is 2.23. The lowest BCUT2D eigenvalue weighted by Crippen LogP contribution is -2.28. The third-order valence-corrected chi connectivity index (χ3v) is 6.07. The molecule has 0 radical (unpaired) electrons. The summed E-state index contributed by atoms with van der Waals surface area (Å²) in [4.78, 5) is 33.3. The van der Waals surface area contributed by atoms with E-state index in [1.807, 2.05) is 26.0 Å². The average molecular weight is 518 g/mol. The predicted octanol–water partition coefficient (Wildman–Crippen LogP) is 4.77. The number of halogens is 1. The van der Waals surface area contributed by atoms with E-state index in [1.54, 1.807) is 54.6 Å². The van der Waals surface area contributed by atoms with Gasteiger partial charge in [0.05, 0.1) is 5.52 Å². The smallest absolute Gasteiger partial charge is 0.281 e. The highest BCUT2D eigenvalue weighted by Crippen LogP contribution is 2.34. The van der Waals surface area contributed by atoms with E-state index in [0.717, 1.165) is 16.0 Å². The second kappa shape index (κ2) is 11.2. The summed E-state index contributed by atoms with van der Waals surface area (Å²) in [6.07, 6.45) is 2.96. The van der Waals surface area contributed by atoms with Gasteiger partial charge in [0.15, 0.2) is 12.9 Å². The first kappa shape index (κ1) is 26.5. The van der Waals surface area contributed by atoms with E-state index >= 15 is 0 Å². The van der Waals surface area contributed by atoms with Crippen LogP contribution in [0.5, 0.6) is 0 Å². The number of fused-ring (bicyclic) bond motifs is 1. The van der Waals surface area contributed by atoms with Crippen molar-refractivity contribution in [1.29, 1.82) is 0 Å². The fourth-order valence-corrected chi connectivity index (χ4v) is 3.94. The molecule has 0 fully saturated rings. The summed E-state index contributed by atoms with van der Waals surface area (Å²) in [5.41, 5.74) is 3.98. The number of nitroso groups, excluding NO2 is 1. The minimum absolute atomic E-state index is 0.307. The number of anilines is 2. The second-order valence-corrected chi connectivity index (χ2v) is 9.25. The number of aromatic nitrogens is 2. The molecule has 0 unspecified atom stereocenters. The van der Waals surface area contributed by atoms with Crippen LogP contribution in [0.4, 0.5) is 21.5 Å². The van der Waals surface area contributed by atoms with Crippen LogP contribution in [0.25, 0.3) is 28.5 Å². The molecule has 1 aromatic heterocycles. The monoisotopic (exact) mass is 517 g/mol. The lowest BCUT2D eigenvalue weighted by molar-refractivity contribution is -0.427. The Kier molecular flexibility index (Phi) is 7.82. The molecule has 4 aromatic rings. The van der Waals surface area contributed by atoms with Gasteiger partial charge in [-0.05, 0) is 68.2 Å². The fraction of sp³-hybridized carbons (Fsp3) is 0.214. The van der Waals surface area contributed by atoms with Crippen molar-refractivity contribution in [1.82, 2.24) is 14.6 Å². The van der Waals surface area contributed by atoms with Gasteiger partial charge in [-0.15, -0.1) is 0 Å². The molecule has 1 amide bonds. The van der Waals surface area contributed by atoms with E-state index in [1.165, 1.54) is 25.3 Å². The van der Waals surface area contributed by atoms with Gasteiger partial charge < -0.3 is 20.3 Å². The Hall–Kier alpha value is -4.57. The third-order valence-electron chi connectivity index (χ3n) is 6.07. The van der Waals surface area contributed by atoms with E-state index in [9.17, 15) is 19.3 Å². The zero-order valence-corrected chi connectivity index (χ0v) is 21.7. The first-order valence-electron chi connectivity index (χ1n) is 12.0. The number of hydrogen-bond donors (Lipinski definition) is 2. The molecule has 4 rings (SSSR count).